The van der Waals surface area contributed by atoms with Crippen molar-refractivity contribution in [3.05, 3.63) is 6.33 Å². The minimum Gasteiger partial charge on any atom is -0.433 e. The summed E-state index contributed by atoms with van der Waals surface area (Å²) in [6.07, 6.45) is 16.2. The largest absolute Gasteiger partial charge is 0.527 e. The molecule has 2 aliphatic carbocycles. The number of nitrogens with zero attached hydrogens (tertiary/aromatic N) is 5. The van der Waals surface area contributed by atoms with Gasteiger partial charge in [0, 0.05) is 37.3 Å². The van der Waals surface area contributed by atoms with Crippen molar-refractivity contribution in [2.24, 2.45) is 5.73 Å². The number of hydrogen-bond acceptors (Lipinski definition) is 10. The monoisotopic (exact) mass is 542 g/mol. The number of carbonyl (C=O) groups excluding carboxylic acids is 1. The molecule has 2 aromatic heterocycles. The molecule has 0 spiro atoms. The number of hydroxylamine groups is 2. The van der Waals surface area contributed by atoms with E-state index in [0.29, 0.717) is 43.8 Å². The molecule has 0 amide bonds. The number of imidazole rings is 1. The summed E-state index contributed by atoms with van der Waals surface area (Å²) in [6, 6.07) is 1.29. The molecule has 11 heteroatoms. The van der Waals surface area contributed by atoms with Gasteiger partial charge in [-0.15, -0.1) is 5.06 Å². The highest BCUT2D eigenvalue weighted by atomic mass is 16.8. The van der Waals surface area contributed by atoms with Crippen LogP contribution in [0.1, 0.15) is 103 Å². The topological polar surface area (TPSA) is 132 Å². The molecule has 11 nitrogen and oxygen atoms in total. The quantitative estimate of drug-likeness (QED) is 0.259. The van der Waals surface area contributed by atoms with Crippen molar-refractivity contribution >= 4 is 29.1 Å². The summed E-state index contributed by atoms with van der Waals surface area (Å²) in [5, 5.41) is 8.96. The minimum absolute atomic E-state index is 0.199. The third-order valence-electron chi connectivity index (χ3n) is 8.46. The van der Waals surface area contributed by atoms with E-state index in [-0.39, 0.29) is 6.04 Å². The van der Waals surface area contributed by atoms with Crippen LogP contribution in [0.25, 0.3) is 11.2 Å². The first-order valence-corrected chi connectivity index (χ1v) is 15.2. The number of ether oxygens (including phenoxy) is 1. The fourth-order valence-corrected chi connectivity index (χ4v) is 6.08. The number of carbonyl (C=O) groups is 1. The second kappa shape index (κ2) is 13.6. The number of hydrogen-bond donors (Lipinski definition) is 3. The van der Waals surface area contributed by atoms with Gasteiger partial charge in [0.1, 0.15) is 0 Å². The second-order valence-electron chi connectivity index (χ2n) is 11.5. The van der Waals surface area contributed by atoms with E-state index in [1.807, 2.05) is 6.33 Å². The maximum atomic E-state index is 12.1. The summed E-state index contributed by atoms with van der Waals surface area (Å²) in [6.45, 7) is 3.85. The van der Waals surface area contributed by atoms with Crippen LogP contribution < -0.4 is 16.4 Å². The SMILES string of the molecule is CCCCCCOC(=O)ON1CCC(Nc2nc(NC3CCC(N)CC3)nc3c2ncn3C2CCCC2)CC1. The predicted octanol–water partition coefficient (Wildman–Crippen LogP) is 5.15. The minimum atomic E-state index is -0.604. The molecule has 1 saturated heterocycles. The highest BCUT2D eigenvalue weighted by Crippen LogP contribution is 2.34. The van der Waals surface area contributed by atoms with E-state index in [0.717, 1.165) is 81.2 Å². The summed E-state index contributed by atoms with van der Waals surface area (Å²) >= 11 is 0. The summed E-state index contributed by atoms with van der Waals surface area (Å²) in [4.78, 5) is 32.1. The number of anilines is 2. The van der Waals surface area contributed by atoms with Gasteiger partial charge >= 0.3 is 6.16 Å². The van der Waals surface area contributed by atoms with E-state index in [1.165, 1.54) is 25.7 Å². The van der Waals surface area contributed by atoms with Crippen molar-refractivity contribution in [3.8, 4) is 0 Å². The molecule has 0 bridgehead atoms. The van der Waals surface area contributed by atoms with Crippen LogP contribution in [-0.2, 0) is 9.57 Å². The molecular formula is C28H46N8O3. The third kappa shape index (κ3) is 7.51. The zero-order valence-electron chi connectivity index (χ0n) is 23.4. The van der Waals surface area contributed by atoms with Crippen LogP contribution in [-0.4, -0.2) is 68.6 Å². The smallest absolute Gasteiger partial charge is 0.433 e. The lowest BCUT2D eigenvalue weighted by atomic mass is 9.92. The van der Waals surface area contributed by atoms with Crippen molar-refractivity contribution in [2.45, 2.75) is 121 Å². The molecular weight excluding hydrogens is 496 g/mol. The van der Waals surface area contributed by atoms with Gasteiger partial charge in [-0.2, -0.15) is 9.97 Å². The summed E-state index contributed by atoms with van der Waals surface area (Å²) in [5.74, 6) is 1.44. The fourth-order valence-electron chi connectivity index (χ4n) is 6.08. The summed E-state index contributed by atoms with van der Waals surface area (Å²) in [7, 11) is 0. The van der Waals surface area contributed by atoms with Crippen molar-refractivity contribution in [3.63, 3.8) is 0 Å². The first-order chi connectivity index (χ1) is 19.1. The van der Waals surface area contributed by atoms with Crippen molar-refractivity contribution in [1.82, 2.24) is 24.6 Å². The number of fused-ring (bicyclic) bond motifs is 1. The molecule has 2 aromatic rings. The molecule has 3 fully saturated rings. The molecule has 3 aliphatic rings. The van der Waals surface area contributed by atoms with Gasteiger partial charge in [0.25, 0.3) is 0 Å². The van der Waals surface area contributed by atoms with Gasteiger partial charge in [-0.05, 0) is 57.8 Å². The fraction of sp³-hybridized carbons (Fsp3) is 0.786. The molecule has 1 aliphatic heterocycles. The molecule has 3 heterocycles. The second-order valence-corrected chi connectivity index (χ2v) is 11.5. The molecule has 216 valence electrons. The lowest BCUT2D eigenvalue weighted by molar-refractivity contribution is -0.138. The Labute approximate surface area is 231 Å². The number of piperidine rings is 1. The number of nitrogens with one attached hydrogen (secondary N) is 2. The van der Waals surface area contributed by atoms with Crippen LogP contribution >= 0.6 is 0 Å². The van der Waals surface area contributed by atoms with Crippen molar-refractivity contribution < 1.29 is 14.4 Å². The zero-order valence-corrected chi connectivity index (χ0v) is 23.4. The third-order valence-corrected chi connectivity index (χ3v) is 8.46. The molecule has 2 saturated carbocycles. The lowest BCUT2D eigenvalue weighted by Crippen LogP contribution is -2.40. The molecule has 39 heavy (non-hydrogen) atoms. The van der Waals surface area contributed by atoms with E-state index in [2.05, 4.69) is 22.1 Å². The Morgan fingerprint density at radius 2 is 1.72 bits per heavy atom. The molecule has 0 aromatic carbocycles. The Morgan fingerprint density at radius 3 is 2.46 bits per heavy atom. The maximum Gasteiger partial charge on any atom is 0.527 e. The number of rotatable bonds is 11. The number of unbranched alkanes of at least 4 members (excludes halogenated alkanes) is 3. The maximum absolute atomic E-state index is 12.1. The van der Waals surface area contributed by atoms with Gasteiger partial charge in [-0.25, -0.2) is 9.78 Å². The van der Waals surface area contributed by atoms with Gasteiger partial charge < -0.3 is 30.5 Å². The Morgan fingerprint density at radius 1 is 0.974 bits per heavy atom. The van der Waals surface area contributed by atoms with Gasteiger partial charge in [0.2, 0.25) is 5.95 Å². The van der Waals surface area contributed by atoms with Gasteiger partial charge in [0.05, 0.1) is 12.9 Å². The normalized spacial score (nSPS) is 23.2. The van der Waals surface area contributed by atoms with E-state index in [1.54, 1.807) is 5.06 Å². The van der Waals surface area contributed by atoms with Crippen LogP contribution in [0.4, 0.5) is 16.6 Å². The van der Waals surface area contributed by atoms with Crippen LogP contribution in [0, 0.1) is 0 Å². The molecule has 5 rings (SSSR count). The highest BCUT2D eigenvalue weighted by Gasteiger charge is 2.27. The Hall–Kier alpha value is -2.66. The van der Waals surface area contributed by atoms with Gasteiger partial charge in [0.15, 0.2) is 17.0 Å². The molecule has 4 N–H and O–H groups in total. The van der Waals surface area contributed by atoms with E-state index >= 15 is 0 Å². The summed E-state index contributed by atoms with van der Waals surface area (Å²) < 4.78 is 7.48. The van der Waals surface area contributed by atoms with Gasteiger partial charge in [-0.1, -0.05) is 39.0 Å². The van der Waals surface area contributed by atoms with Crippen molar-refractivity contribution in [2.75, 3.05) is 30.3 Å². The average Bonchev–Trinajstić information content (AvgIpc) is 3.61. The highest BCUT2D eigenvalue weighted by molar-refractivity contribution is 5.84. The van der Waals surface area contributed by atoms with Crippen LogP contribution in [0.3, 0.4) is 0 Å². The average molecular weight is 543 g/mol. The zero-order chi connectivity index (χ0) is 27.0. The summed E-state index contributed by atoms with van der Waals surface area (Å²) in [5.41, 5.74) is 7.85. The molecule has 0 atom stereocenters. The predicted molar refractivity (Wildman–Crippen MR) is 151 cm³/mol. The number of aromatic nitrogens is 4. The van der Waals surface area contributed by atoms with E-state index < -0.39 is 6.16 Å². The van der Waals surface area contributed by atoms with Gasteiger partial charge in [-0.3, -0.25) is 0 Å². The first kappa shape index (κ1) is 27.9. The van der Waals surface area contributed by atoms with Crippen LogP contribution in [0.15, 0.2) is 6.33 Å². The molecule has 0 radical (unpaired) electrons. The van der Waals surface area contributed by atoms with Crippen LogP contribution in [0.2, 0.25) is 0 Å². The van der Waals surface area contributed by atoms with Crippen LogP contribution in [0.5, 0.6) is 0 Å². The van der Waals surface area contributed by atoms with E-state index in [9.17, 15) is 4.79 Å². The standard InChI is InChI=1S/C28H46N8O3/c1-2-3-4-7-18-38-28(37)39-35-16-14-22(15-17-35)31-25-24-26(36(19-30-24)23-8-5-6-9-23)34-27(33-25)32-21-12-10-20(29)11-13-21/h19-23H,2-18,29H2,1H3,(H2,31,32,33,34). The Bertz CT molecular complexity index is 1060. The van der Waals surface area contributed by atoms with E-state index in [4.69, 9.17) is 30.3 Å². The Kier molecular flexibility index (Phi) is 9.73. The first-order valence-electron chi connectivity index (χ1n) is 15.2. The molecule has 0 unspecified atom stereocenters. The van der Waals surface area contributed by atoms with Crippen molar-refractivity contribution in [1.29, 1.82) is 0 Å². The Balaban J connectivity index is 1.21. The lowest BCUT2D eigenvalue weighted by Gasteiger charge is -2.31. The number of nitrogens with two attached hydrogens (primary N) is 1.